The SMILES string of the molecule is CC(C)(C)OC(=O)N1C[C@@H]2CC[C@H]1CN2C(=O)CNC(=O)[C@@H](N)Cc1ccccc1. The van der Waals surface area contributed by atoms with E-state index in [2.05, 4.69) is 5.32 Å². The Bertz CT molecular complexity index is 777. The molecule has 0 radical (unpaired) electrons. The van der Waals surface area contributed by atoms with E-state index in [1.165, 1.54) is 0 Å². The molecule has 0 saturated carbocycles. The largest absolute Gasteiger partial charge is 0.444 e. The second-order valence-electron chi connectivity index (χ2n) is 9.08. The number of fused-ring (bicyclic) bond motifs is 3. The molecule has 0 aliphatic carbocycles. The molecule has 3 N–H and O–H groups in total. The van der Waals surface area contributed by atoms with E-state index in [-0.39, 0.29) is 36.5 Å². The van der Waals surface area contributed by atoms with Gasteiger partial charge in [0.1, 0.15) is 5.60 Å². The molecule has 30 heavy (non-hydrogen) atoms. The average molecular weight is 417 g/mol. The van der Waals surface area contributed by atoms with Crippen LogP contribution in [0.25, 0.3) is 0 Å². The predicted molar refractivity (Wildman–Crippen MR) is 113 cm³/mol. The number of amides is 3. The van der Waals surface area contributed by atoms with E-state index in [4.69, 9.17) is 10.5 Å². The van der Waals surface area contributed by atoms with Gasteiger partial charge in [-0.25, -0.2) is 4.79 Å². The van der Waals surface area contributed by atoms with Crippen molar-refractivity contribution >= 4 is 17.9 Å². The smallest absolute Gasteiger partial charge is 0.410 e. The summed E-state index contributed by atoms with van der Waals surface area (Å²) in [6.45, 7) is 6.37. The number of benzene rings is 1. The maximum absolute atomic E-state index is 12.7. The lowest BCUT2D eigenvalue weighted by Crippen LogP contribution is -2.66. The zero-order valence-electron chi connectivity index (χ0n) is 18.0. The number of piperazine rings is 1. The van der Waals surface area contributed by atoms with E-state index < -0.39 is 11.6 Å². The highest BCUT2D eigenvalue weighted by Crippen LogP contribution is 2.30. The number of hydrogen-bond acceptors (Lipinski definition) is 5. The van der Waals surface area contributed by atoms with Crippen molar-refractivity contribution in [3.63, 3.8) is 0 Å². The molecule has 1 aromatic rings. The summed E-state index contributed by atoms with van der Waals surface area (Å²) in [4.78, 5) is 41.0. The number of rotatable bonds is 5. The summed E-state index contributed by atoms with van der Waals surface area (Å²) in [5, 5.41) is 2.66. The van der Waals surface area contributed by atoms with Gasteiger partial charge in [-0.05, 0) is 45.6 Å². The summed E-state index contributed by atoms with van der Waals surface area (Å²) in [6, 6.07) is 8.73. The molecule has 3 saturated heterocycles. The van der Waals surface area contributed by atoms with Crippen LogP contribution in [0.15, 0.2) is 30.3 Å². The van der Waals surface area contributed by atoms with Gasteiger partial charge in [-0.1, -0.05) is 30.3 Å². The van der Waals surface area contributed by atoms with Crippen molar-refractivity contribution in [1.82, 2.24) is 15.1 Å². The molecule has 4 rings (SSSR count). The summed E-state index contributed by atoms with van der Waals surface area (Å²) in [5.41, 5.74) is 6.41. The Morgan fingerprint density at radius 3 is 2.27 bits per heavy atom. The van der Waals surface area contributed by atoms with E-state index >= 15 is 0 Å². The molecule has 0 spiro atoms. The first kappa shape index (κ1) is 22.1. The van der Waals surface area contributed by atoms with Crippen molar-refractivity contribution in [3.8, 4) is 0 Å². The minimum Gasteiger partial charge on any atom is -0.444 e. The zero-order valence-corrected chi connectivity index (χ0v) is 18.0. The molecule has 0 aromatic heterocycles. The van der Waals surface area contributed by atoms with Crippen LogP contribution in [0.4, 0.5) is 4.79 Å². The van der Waals surface area contributed by atoms with Crippen LogP contribution in [0, 0.1) is 0 Å². The lowest BCUT2D eigenvalue weighted by Gasteiger charge is -2.51. The van der Waals surface area contributed by atoms with Gasteiger partial charge in [-0.15, -0.1) is 0 Å². The van der Waals surface area contributed by atoms with E-state index in [1.54, 1.807) is 9.80 Å². The standard InChI is InChI=1S/C22H32N4O4/c1-22(2,3)30-21(29)26-14-16-9-10-17(26)13-25(16)19(27)12-24-20(28)18(23)11-15-7-5-4-6-8-15/h4-8,16-18H,9-14,23H2,1-3H3,(H,24,28)/t16-,17-,18-/m0/s1. The van der Waals surface area contributed by atoms with Crippen LogP contribution in [0.5, 0.6) is 0 Å². The molecule has 3 heterocycles. The van der Waals surface area contributed by atoms with Crippen LogP contribution in [0.2, 0.25) is 0 Å². The van der Waals surface area contributed by atoms with Crippen LogP contribution in [0.3, 0.4) is 0 Å². The fourth-order valence-electron chi connectivity index (χ4n) is 4.03. The molecule has 3 aliphatic heterocycles. The minimum absolute atomic E-state index is 0.0510. The molecule has 164 valence electrons. The monoisotopic (exact) mass is 416 g/mol. The van der Waals surface area contributed by atoms with Gasteiger partial charge in [0.2, 0.25) is 11.8 Å². The maximum atomic E-state index is 12.7. The Balaban J connectivity index is 1.49. The van der Waals surface area contributed by atoms with Crippen LogP contribution < -0.4 is 11.1 Å². The van der Waals surface area contributed by atoms with Crippen molar-refractivity contribution in [3.05, 3.63) is 35.9 Å². The number of piperidine rings is 2. The van der Waals surface area contributed by atoms with Gasteiger partial charge in [0.15, 0.2) is 0 Å². The van der Waals surface area contributed by atoms with Crippen molar-refractivity contribution < 1.29 is 19.1 Å². The van der Waals surface area contributed by atoms with Gasteiger partial charge in [-0.2, -0.15) is 0 Å². The molecule has 8 nitrogen and oxygen atoms in total. The zero-order chi connectivity index (χ0) is 21.9. The molecular formula is C22H32N4O4. The lowest BCUT2D eigenvalue weighted by atomic mass is 9.91. The van der Waals surface area contributed by atoms with Gasteiger partial charge in [-0.3, -0.25) is 9.59 Å². The molecule has 1 aromatic carbocycles. The normalized spacial score (nSPS) is 21.9. The van der Waals surface area contributed by atoms with Crippen molar-refractivity contribution in [1.29, 1.82) is 0 Å². The summed E-state index contributed by atoms with van der Waals surface area (Å²) < 4.78 is 5.49. The molecule has 3 aliphatic rings. The van der Waals surface area contributed by atoms with E-state index in [0.29, 0.717) is 19.5 Å². The predicted octanol–water partition coefficient (Wildman–Crippen LogP) is 1.28. The summed E-state index contributed by atoms with van der Waals surface area (Å²) >= 11 is 0. The van der Waals surface area contributed by atoms with Gasteiger partial charge in [0.25, 0.3) is 0 Å². The number of nitrogens with zero attached hydrogens (tertiary/aromatic N) is 2. The third-order valence-electron chi connectivity index (χ3n) is 5.53. The Labute approximate surface area is 177 Å². The van der Waals surface area contributed by atoms with Crippen molar-refractivity contribution in [2.75, 3.05) is 19.6 Å². The number of nitrogens with two attached hydrogens (primary N) is 1. The Morgan fingerprint density at radius 1 is 1.10 bits per heavy atom. The summed E-state index contributed by atoms with van der Waals surface area (Å²) in [7, 11) is 0. The second kappa shape index (κ2) is 9.04. The van der Waals surface area contributed by atoms with Gasteiger partial charge in [0, 0.05) is 19.1 Å². The number of carbonyl (C=O) groups is 3. The highest BCUT2D eigenvalue weighted by Gasteiger charge is 2.44. The molecule has 8 heteroatoms. The Kier molecular flexibility index (Phi) is 6.65. The van der Waals surface area contributed by atoms with Crippen molar-refractivity contribution in [2.24, 2.45) is 5.73 Å². The summed E-state index contributed by atoms with van der Waals surface area (Å²) in [5.74, 6) is -0.487. The molecule has 0 unspecified atom stereocenters. The van der Waals surface area contributed by atoms with E-state index in [0.717, 1.165) is 18.4 Å². The number of ether oxygens (including phenoxy) is 1. The molecule has 2 bridgehead atoms. The minimum atomic E-state index is -0.708. The topological polar surface area (TPSA) is 105 Å². The maximum Gasteiger partial charge on any atom is 0.410 e. The number of carbonyl (C=O) groups excluding carboxylic acids is 3. The highest BCUT2D eigenvalue weighted by atomic mass is 16.6. The van der Waals surface area contributed by atoms with Crippen LogP contribution in [-0.2, 0) is 20.7 Å². The van der Waals surface area contributed by atoms with Crippen LogP contribution >= 0.6 is 0 Å². The average Bonchev–Trinajstić information content (AvgIpc) is 2.71. The fraction of sp³-hybridized carbons (Fsp3) is 0.591. The van der Waals surface area contributed by atoms with Gasteiger partial charge < -0.3 is 25.6 Å². The molecule has 3 amide bonds. The lowest BCUT2D eigenvalue weighted by molar-refractivity contribution is -0.142. The first-order chi connectivity index (χ1) is 14.1. The highest BCUT2D eigenvalue weighted by molar-refractivity contribution is 5.87. The number of hydrogen-bond donors (Lipinski definition) is 2. The van der Waals surface area contributed by atoms with E-state index in [9.17, 15) is 14.4 Å². The third-order valence-corrected chi connectivity index (χ3v) is 5.53. The Morgan fingerprint density at radius 2 is 1.70 bits per heavy atom. The second-order valence-corrected chi connectivity index (χ2v) is 9.08. The third kappa shape index (κ3) is 5.50. The molecule has 3 fully saturated rings. The van der Waals surface area contributed by atoms with Gasteiger partial charge >= 0.3 is 6.09 Å². The van der Waals surface area contributed by atoms with E-state index in [1.807, 2.05) is 51.1 Å². The Hall–Kier alpha value is -2.61. The quantitative estimate of drug-likeness (QED) is 0.752. The van der Waals surface area contributed by atoms with Gasteiger partial charge in [0.05, 0.1) is 18.6 Å². The first-order valence-corrected chi connectivity index (χ1v) is 10.5. The summed E-state index contributed by atoms with van der Waals surface area (Å²) in [6.07, 6.45) is 1.78. The van der Waals surface area contributed by atoms with Crippen molar-refractivity contribution in [2.45, 2.75) is 63.8 Å². The molecular weight excluding hydrogens is 384 g/mol. The number of nitrogens with one attached hydrogen (secondary N) is 1. The first-order valence-electron chi connectivity index (χ1n) is 10.5. The fourth-order valence-corrected chi connectivity index (χ4v) is 4.03. The van der Waals surface area contributed by atoms with Crippen LogP contribution in [-0.4, -0.2) is 71.1 Å². The van der Waals surface area contributed by atoms with Crippen LogP contribution in [0.1, 0.15) is 39.2 Å². The molecule has 3 atom stereocenters.